The van der Waals surface area contributed by atoms with Crippen molar-refractivity contribution < 1.29 is 0 Å². The second-order valence-corrected chi connectivity index (χ2v) is 3.13. The van der Waals surface area contributed by atoms with Gasteiger partial charge in [0, 0.05) is 14.1 Å². The normalized spacial score (nSPS) is 9.77. The van der Waals surface area contributed by atoms with Crippen LogP contribution in [0, 0.1) is 0 Å². The number of nitrogens with zero attached hydrogens (tertiary/aromatic N) is 3. The fourth-order valence-corrected chi connectivity index (χ4v) is 1.14. The van der Waals surface area contributed by atoms with Crippen molar-refractivity contribution in [2.24, 2.45) is 0 Å². The molecule has 0 saturated carbocycles. The highest BCUT2D eigenvalue weighted by atomic mass is 15.2. The topological polar surface area (TPSA) is 55.0 Å². The minimum Gasteiger partial charge on any atom is -0.383 e. The molecule has 4 heteroatoms. The van der Waals surface area contributed by atoms with Gasteiger partial charge < -0.3 is 10.6 Å². The first kappa shape index (κ1) is 9.51. The summed E-state index contributed by atoms with van der Waals surface area (Å²) in [7, 11) is 3.82. The van der Waals surface area contributed by atoms with Gasteiger partial charge in [0.15, 0.2) is 0 Å². The lowest BCUT2D eigenvalue weighted by atomic mass is 10.1. The van der Waals surface area contributed by atoms with E-state index in [9.17, 15) is 0 Å². The average Bonchev–Trinajstić information content (AvgIpc) is 2.02. The SMILES string of the molecule is C=C(C)c1c(N)ncnc1N(C)C. The summed E-state index contributed by atoms with van der Waals surface area (Å²) in [5, 5.41) is 0. The van der Waals surface area contributed by atoms with Crippen LogP contribution in [0.5, 0.6) is 0 Å². The molecule has 0 saturated heterocycles. The molecule has 0 aliphatic carbocycles. The number of rotatable bonds is 2. The van der Waals surface area contributed by atoms with Gasteiger partial charge in [0.1, 0.15) is 18.0 Å². The first-order valence-electron chi connectivity index (χ1n) is 3.97. The number of nitrogen functional groups attached to an aromatic ring is 1. The summed E-state index contributed by atoms with van der Waals surface area (Å²) in [6.45, 7) is 5.73. The van der Waals surface area contributed by atoms with E-state index in [2.05, 4.69) is 16.5 Å². The minimum absolute atomic E-state index is 0.478. The lowest BCUT2D eigenvalue weighted by Gasteiger charge is -2.16. The van der Waals surface area contributed by atoms with Crippen LogP contribution in [0.15, 0.2) is 12.9 Å². The first-order valence-corrected chi connectivity index (χ1v) is 3.97. The number of hydrogen-bond donors (Lipinski definition) is 1. The van der Waals surface area contributed by atoms with Crippen molar-refractivity contribution in [3.05, 3.63) is 18.5 Å². The zero-order valence-corrected chi connectivity index (χ0v) is 8.20. The van der Waals surface area contributed by atoms with E-state index >= 15 is 0 Å². The molecule has 0 spiro atoms. The van der Waals surface area contributed by atoms with E-state index in [1.807, 2.05) is 25.9 Å². The maximum absolute atomic E-state index is 5.72. The predicted molar refractivity (Wildman–Crippen MR) is 55.5 cm³/mol. The highest BCUT2D eigenvalue weighted by Gasteiger charge is 2.10. The lowest BCUT2D eigenvalue weighted by Crippen LogP contribution is -2.14. The standard InChI is InChI=1S/C9H14N4/c1-6(2)7-8(10)11-5-12-9(7)13(3)4/h5H,1H2,2-4H3,(H2,10,11,12). The van der Waals surface area contributed by atoms with Gasteiger partial charge in [-0.2, -0.15) is 0 Å². The Balaban J connectivity index is 3.34. The van der Waals surface area contributed by atoms with Crippen LogP contribution in [0.25, 0.3) is 5.57 Å². The van der Waals surface area contributed by atoms with Gasteiger partial charge >= 0.3 is 0 Å². The molecule has 4 nitrogen and oxygen atoms in total. The summed E-state index contributed by atoms with van der Waals surface area (Å²) in [4.78, 5) is 9.95. The second kappa shape index (κ2) is 3.43. The summed E-state index contributed by atoms with van der Waals surface area (Å²) in [5.74, 6) is 1.28. The quantitative estimate of drug-likeness (QED) is 0.738. The molecular formula is C9H14N4. The van der Waals surface area contributed by atoms with Gasteiger partial charge in [-0.25, -0.2) is 9.97 Å². The minimum atomic E-state index is 0.478. The van der Waals surface area contributed by atoms with Gasteiger partial charge in [-0.05, 0) is 12.5 Å². The molecule has 2 N–H and O–H groups in total. The van der Waals surface area contributed by atoms with Crippen LogP contribution in [-0.4, -0.2) is 24.1 Å². The van der Waals surface area contributed by atoms with E-state index in [-0.39, 0.29) is 0 Å². The Bertz CT molecular complexity index is 330. The average molecular weight is 178 g/mol. The fraction of sp³-hybridized carbons (Fsp3) is 0.333. The number of allylic oxidation sites excluding steroid dienone is 1. The van der Waals surface area contributed by atoms with Crippen molar-refractivity contribution in [3.63, 3.8) is 0 Å². The molecule has 0 aliphatic heterocycles. The van der Waals surface area contributed by atoms with Crippen LogP contribution in [0.1, 0.15) is 12.5 Å². The van der Waals surface area contributed by atoms with Crippen molar-refractivity contribution in [2.45, 2.75) is 6.92 Å². The van der Waals surface area contributed by atoms with Crippen LogP contribution in [0.3, 0.4) is 0 Å². The Hall–Kier alpha value is -1.58. The third-order valence-electron chi connectivity index (χ3n) is 1.71. The largest absolute Gasteiger partial charge is 0.383 e. The summed E-state index contributed by atoms with van der Waals surface area (Å²) < 4.78 is 0. The van der Waals surface area contributed by atoms with Crippen molar-refractivity contribution in [3.8, 4) is 0 Å². The molecule has 70 valence electrons. The third kappa shape index (κ3) is 1.77. The molecule has 13 heavy (non-hydrogen) atoms. The number of anilines is 2. The Morgan fingerprint density at radius 3 is 2.46 bits per heavy atom. The highest BCUT2D eigenvalue weighted by Crippen LogP contribution is 2.25. The van der Waals surface area contributed by atoms with E-state index in [1.165, 1.54) is 6.33 Å². The summed E-state index contributed by atoms with van der Waals surface area (Å²) >= 11 is 0. The molecule has 1 rings (SSSR count). The Morgan fingerprint density at radius 1 is 1.46 bits per heavy atom. The Kier molecular flexibility index (Phi) is 2.51. The molecule has 0 aliphatic rings. The van der Waals surface area contributed by atoms with Crippen LogP contribution >= 0.6 is 0 Å². The van der Waals surface area contributed by atoms with Gasteiger partial charge in [0.2, 0.25) is 0 Å². The van der Waals surface area contributed by atoms with Crippen LogP contribution in [0.2, 0.25) is 0 Å². The molecule has 0 radical (unpaired) electrons. The summed E-state index contributed by atoms with van der Waals surface area (Å²) in [6, 6.07) is 0. The smallest absolute Gasteiger partial charge is 0.141 e. The molecule has 1 heterocycles. The second-order valence-electron chi connectivity index (χ2n) is 3.13. The fourth-order valence-electron chi connectivity index (χ4n) is 1.14. The van der Waals surface area contributed by atoms with Gasteiger partial charge in [0.05, 0.1) is 5.56 Å². The van der Waals surface area contributed by atoms with Crippen LogP contribution in [0.4, 0.5) is 11.6 Å². The van der Waals surface area contributed by atoms with Crippen molar-refractivity contribution in [1.29, 1.82) is 0 Å². The number of hydrogen-bond acceptors (Lipinski definition) is 4. The van der Waals surface area contributed by atoms with Gasteiger partial charge in [-0.15, -0.1) is 0 Å². The molecule has 0 bridgehead atoms. The zero-order valence-electron chi connectivity index (χ0n) is 8.20. The van der Waals surface area contributed by atoms with Crippen LogP contribution < -0.4 is 10.6 Å². The first-order chi connectivity index (χ1) is 6.04. The highest BCUT2D eigenvalue weighted by molar-refractivity contribution is 5.78. The molecule has 0 fully saturated rings. The molecule has 1 aromatic rings. The molecule has 1 aromatic heterocycles. The van der Waals surface area contributed by atoms with Crippen molar-refractivity contribution >= 4 is 17.2 Å². The Morgan fingerprint density at radius 2 is 2.08 bits per heavy atom. The van der Waals surface area contributed by atoms with Crippen molar-refractivity contribution in [1.82, 2.24) is 9.97 Å². The van der Waals surface area contributed by atoms with E-state index in [0.29, 0.717) is 5.82 Å². The predicted octanol–water partition coefficient (Wildman–Crippen LogP) is 1.16. The summed E-state index contributed by atoms with van der Waals surface area (Å²) in [5.41, 5.74) is 7.42. The molecule has 0 aromatic carbocycles. The number of aromatic nitrogens is 2. The van der Waals surface area contributed by atoms with Gasteiger partial charge in [0.25, 0.3) is 0 Å². The molecule has 0 unspecified atom stereocenters. The van der Waals surface area contributed by atoms with E-state index in [4.69, 9.17) is 5.73 Å². The molecular weight excluding hydrogens is 164 g/mol. The maximum atomic E-state index is 5.72. The van der Waals surface area contributed by atoms with E-state index in [0.717, 1.165) is 17.0 Å². The van der Waals surface area contributed by atoms with Gasteiger partial charge in [-0.3, -0.25) is 0 Å². The number of nitrogens with two attached hydrogens (primary N) is 1. The third-order valence-corrected chi connectivity index (χ3v) is 1.71. The maximum Gasteiger partial charge on any atom is 0.141 e. The van der Waals surface area contributed by atoms with E-state index < -0.39 is 0 Å². The molecule has 0 amide bonds. The lowest BCUT2D eigenvalue weighted by molar-refractivity contribution is 1.03. The van der Waals surface area contributed by atoms with Crippen LogP contribution in [-0.2, 0) is 0 Å². The molecule has 0 atom stereocenters. The van der Waals surface area contributed by atoms with E-state index in [1.54, 1.807) is 0 Å². The zero-order chi connectivity index (χ0) is 10.0. The Labute approximate surface area is 78.1 Å². The monoisotopic (exact) mass is 178 g/mol. The van der Waals surface area contributed by atoms with Gasteiger partial charge in [-0.1, -0.05) is 6.58 Å². The van der Waals surface area contributed by atoms with Crippen molar-refractivity contribution in [2.75, 3.05) is 24.7 Å². The summed E-state index contributed by atoms with van der Waals surface area (Å²) in [6.07, 6.45) is 1.46.